The van der Waals surface area contributed by atoms with Crippen molar-refractivity contribution in [1.82, 2.24) is 4.98 Å². The first-order valence-electron chi connectivity index (χ1n) is 8.84. The number of thiazole rings is 1. The number of para-hydroxylation sites is 1. The molecule has 0 radical (unpaired) electrons. The number of hydrogen-bond donors (Lipinski definition) is 2. The molecule has 0 saturated carbocycles. The van der Waals surface area contributed by atoms with E-state index in [1.165, 1.54) is 0 Å². The number of carbonyl (C=O) groups excluding carboxylic acids is 2. The Morgan fingerprint density at radius 3 is 2.78 bits per heavy atom. The van der Waals surface area contributed by atoms with Gasteiger partial charge in [-0.2, -0.15) is 0 Å². The van der Waals surface area contributed by atoms with Gasteiger partial charge < -0.3 is 20.5 Å². The van der Waals surface area contributed by atoms with Crippen LogP contribution < -0.4 is 10.6 Å². The maximum atomic E-state index is 13.3. The summed E-state index contributed by atoms with van der Waals surface area (Å²) < 4.78 is 4.98. The zero-order chi connectivity index (χ0) is 19.8. The van der Waals surface area contributed by atoms with Gasteiger partial charge in [0.25, 0.3) is 5.91 Å². The number of anilines is 2. The first-order chi connectivity index (χ1) is 12.8. The molecule has 3 N–H and O–H groups in total. The van der Waals surface area contributed by atoms with Crippen LogP contribution in [0.2, 0.25) is 0 Å². The fraction of sp³-hybridized carbons (Fsp3) is 0.421. The third-order valence-corrected chi connectivity index (χ3v) is 5.38. The number of ether oxygens (including phenoxy) is 1. The molecule has 0 saturated heterocycles. The fourth-order valence-electron chi connectivity index (χ4n) is 3.32. The summed E-state index contributed by atoms with van der Waals surface area (Å²) in [6.45, 7) is 6.43. The van der Waals surface area contributed by atoms with Gasteiger partial charge in [-0.25, -0.2) is 4.98 Å². The van der Waals surface area contributed by atoms with Gasteiger partial charge >= 0.3 is 5.97 Å². The highest BCUT2D eigenvalue weighted by atomic mass is 32.1. The first kappa shape index (κ1) is 19.3. The van der Waals surface area contributed by atoms with Crippen LogP contribution in [-0.4, -0.2) is 35.1 Å². The van der Waals surface area contributed by atoms with Crippen molar-refractivity contribution in [3.05, 3.63) is 40.4 Å². The maximum Gasteiger partial charge on any atom is 0.311 e. The number of aliphatic hydroxyl groups is 1. The van der Waals surface area contributed by atoms with Gasteiger partial charge in [0.2, 0.25) is 5.60 Å². The zero-order valence-electron chi connectivity index (χ0n) is 15.6. The molecule has 144 valence electrons. The van der Waals surface area contributed by atoms with Crippen LogP contribution in [0.1, 0.15) is 36.9 Å². The van der Waals surface area contributed by atoms with Crippen LogP contribution in [0.15, 0.2) is 24.3 Å². The van der Waals surface area contributed by atoms with Crippen molar-refractivity contribution >= 4 is 34.0 Å². The summed E-state index contributed by atoms with van der Waals surface area (Å²) in [6.07, 6.45) is -0.154. The van der Waals surface area contributed by atoms with E-state index < -0.39 is 17.5 Å². The second-order valence-corrected chi connectivity index (χ2v) is 7.88. The second-order valence-electron chi connectivity index (χ2n) is 6.85. The lowest BCUT2D eigenvalue weighted by Gasteiger charge is -2.24. The highest BCUT2D eigenvalue weighted by molar-refractivity contribution is 7.15. The first-order valence-corrected chi connectivity index (χ1v) is 9.65. The van der Waals surface area contributed by atoms with Crippen LogP contribution in [0.25, 0.3) is 0 Å². The second kappa shape index (κ2) is 7.28. The molecule has 1 atom stereocenters. The Hall–Kier alpha value is -2.45. The van der Waals surface area contributed by atoms with Gasteiger partial charge in [0.15, 0.2) is 5.13 Å². The molecule has 1 aromatic carbocycles. The maximum absolute atomic E-state index is 13.3. The SMILES string of the molecule is CCOC(=O)Cc1nc(N)sc1C1(O)C(=O)N(CC(C)C)c2ccccc21. The molecule has 0 bridgehead atoms. The van der Waals surface area contributed by atoms with E-state index in [4.69, 9.17) is 10.5 Å². The summed E-state index contributed by atoms with van der Waals surface area (Å²) in [6, 6.07) is 7.12. The van der Waals surface area contributed by atoms with E-state index >= 15 is 0 Å². The van der Waals surface area contributed by atoms with Crippen molar-refractivity contribution in [1.29, 1.82) is 0 Å². The predicted octanol–water partition coefficient (Wildman–Crippen LogP) is 2.07. The Kier molecular flexibility index (Phi) is 5.21. The van der Waals surface area contributed by atoms with E-state index in [0.717, 1.165) is 11.3 Å². The minimum absolute atomic E-state index is 0.154. The summed E-state index contributed by atoms with van der Waals surface area (Å²) in [5, 5.41) is 11.8. The number of fused-ring (bicyclic) bond motifs is 1. The molecule has 7 nitrogen and oxygen atoms in total. The molecule has 1 amide bonds. The van der Waals surface area contributed by atoms with Crippen LogP contribution >= 0.6 is 11.3 Å². The molecule has 3 rings (SSSR count). The minimum Gasteiger partial charge on any atom is -0.466 e. The Labute approximate surface area is 161 Å². The number of carbonyl (C=O) groups is 2. The van der Waals surface area contributed by atoms with Crippen LogP contribution in [0, 0.1) is 5.92 Å². The van der Waals surface area contributed by atoms with Gasteiger partial charge in [0.1, 0.15) is 0 Å². The molecule has 1 unspecified atom stereocenters. The van der Waals surface area contributed by atoms with Gasteiger partial charge in [-0.15, -0.1) is 0 Å². The molecule has 1 aliphatic heterocycles. The van der Waals surface area contributed by atoms with Crippen molar-refractivity contribution in [2.45, 2.75) is 32.8 Å². The molecule has 2 aromatic rings. The number of hydrogen-bond acceptors (Lipinski definition) is 7. The van der Waals surface area contributed by atoms with Crippen molar-refractivity contribution in [3.8, 4) is 0 Å². The van der Waals surface area contributed by atoms with Gasteiger partial charge in [0.05, 0.1) is 29.3 Å². The van der Waals surface area contributed by atoms with Crippen molar-refractivity contribution in [2.75, 3.05) is 23.8 Å². The molecule has 27 heavy (non-hydrogen) atoms. The van der Waals surface area contributed by atoms with E-state index in [0.29, 0.717) is 17.8 Å². The minimum atomic E-state index is -1.91. The fourth-order valence-corrected chi connectivity index (χ4v) is 4.27. The van der Waals surface area contributed by atoms with E-state index in [2.05, 4.69) is 4.98 Å². The number of rotatable bonds is 6. The Morgan fingerprint density at radius 2 is 2.11 bits per heavy atom. The average molecular weight is 389 g/mol. The van der Waals surface area contributed by atoms with Gasteiger partial charge in [-0.05, 0) is 18.9 Å². The summed E-state index contributed by atoms with van der Waals surface area (Å²) in [5.41, 5.74) is 5.35. The van der Waals surface area contributed by atoms with Crippen LogP contribution in [0.5, 0.6) is 0 Å². The molecule has 0 aliphatic carbocycles. The van der Waals surface area contributed by atoms with Gasteiger partial charge in [0, 0.05) is 12.1 Å². The van der Waals surface area contributed by atoms with Crippen molar-refractivity contribution in [2.24, 2.45) is 5.92 Å². The number of esters is 1. The van der Waals surface area contributed by atoms with Crippen molar-refractivity contribution < 1.29 is 19.4 Å². The standard InChI is InChI=1S/C19H23N3O4S/c1-4-26-15(23)9-13-16(27-18(20)21-13)19(25)12-7-5-6-8-14(12)22(17(19)24)10-11(2)3/h5-8,11,25H,4,9-10H2,1-3H3,(H2,20,21). The summed E-state index contributed by atoms with van der Waals surface area (Å²) in [5.74, 6) is -0.716. The summed E-state index contributed by atoms with van der Waals surface area (Å²) in [7, 11) is 0. The molecular weight excluding hydrogens is 366 g/mol. The monoisotopic (exact) mass is 389 g/mol. The number of benzene rings is 1. The van der Waals surface area contributed by atoms with Crippen LogP contribution in [-0.2, 0) is 26.3 Å². The normalized spacial score (nSPS) is 18.9. The molecule has 8 heteroatoms. The average Bonchev–Trinajstić information content (AvgIpc) is 3.07. The molecular formula is C19H23N3O4S. The number of amides is 1. The Morgan fingerprint density at radius 1 is 1.41 bits per heavy atom. The summed E-state index contributed by atoms with van der Waals surface area (Å²) >= 11 is 1.02. The van der Waals surface area contributed by atoms with Crippen molar-refractivity contribution in [3.63, 3.8) is 0 Å². The zero-order valence-corrected chi connectivity index (χ0v) is 16.4. The van der Waals surface area contributed by atoms with Crippen LogP contribution in [0.4, 0.5) is 10.8 Å². The van der Waals surface area contributed by atoms with Gasteiger partial charge in [-0.1, -0.05) is 43.4 Å². The molecule has 1 aromatic heterocycles. The molecule has 0 fully saturated rings. The summed E-state index contributed by atoms with van der Waals surface area (Å²) in [4.78, 5) is 31.3. The number of aromatic nitrogens is 1. The molecule has 1 aliphatic rings. The Balaban J connectivity index is 2.11. The lowest BCUT2D eigenvalue weighted by molar-refractivity contribution is -0.142. The smallest absolute Gasteiger partial charge is 0.311 e. The number of nitrogens with zero attached hydrogens (tertiary/aromatic N) is 2. The third kappa shape index (κ3) is 3.30. The highest BCUT2D eigenvalue weighted by Crippen LogP contribution is 2.47. The van der Waals surface area contributed by atoms with E-state index in [1.54, 1.807) is 24.0 Å². The molecule has 0 spiro atoms. The molecule has 2 heterocycles. The number of nitrogen functional groups attached to an aromatic ring is 1. The topological polar surface area (TPSA) is 106 Å². The lowest BCUT2D eigenvalue weighted by atomic mass is 9.92. The third-order valence-electron chi connectivity index (χ3n) is 4.35. The van der Waals surface area contributed by atoms with E-state index in [1.807, 2.05) is 26.0 Å². The van der Waals surface area contributed by atoms with E-state index in [9.17, 15) is 14.7 Å². The lowest BCUT2D eigenvalue weighted by Crippen LogP contribution is -2.42. The predicted molar refractivity (Wildman–Crippen MR) is 103 cm³/mol. The van der Waals surface area contributed by atoms with Crippen LogP contribution in [0.3, 0.4) is 0 Å². The number of nitrogens with two attached hydrogens (primary N) is 1. The largest absolute Gasteiger partial charge is 0.466 e. The van der Waals surface area contributed by atoms with E-state index in [-0.39, 0.29) is 34.6 Å². The Bertz CT molecular complexity index is 880. The van der Waals surface area contributed by atoms with Gasteiger partial charge in [-0.3, -0.25) is 9.59 Å². The highest BCUT2D eigenvalue weighted by Gasteiger charge is 2.53. The quantitative estimate of drug-likeness (QED) is 0.733.